The number of nitrogens with zero attached hydrogens (tertiary/aromatic N) is 1. The van der Waals surface area contributed by atoms with Gasteiger partial charge in [0.05, 0.1) is 5.25 Å². The molecule has 2 aromatic rings. The molecule has 140 valence electrons. The summed E-state index contributed by atoms with van der Waals surface area (Å²) in [5.74, 6) is 1.28. The summed E-state index contributed by atoms with van der Waals surface area (Å²) < 4.78 is 0. The summed E-state index contributed by atoms with van der Waals surface area (Å²) in [5, 5.41) is 2.06. The summed E-state index contributed by atoms with van der Waals surface area (Å²) >= 11 is 1.66. The van der Waals surface area contributed by atoms with Gasteiger partial charge in [0.1, 0.15) is 0 Å². The number of ketones is 1. The number of carbonyl (C=O) groups is 2. The molecule has 1 amide bonds. The minimum atomic E-state index is -0.105. The molecule has 26 heavy (non-hydrogen) atoms. The summed E-state index contributed by atoms with van der Waals surface area (Å²) in [4.78, 5) is 26.7. The molecule has 1 unspecified atom stereocenters. The number of benzene rings is 2. The maximum Gasteiger partial charge on any atom is 0.219 e. The second-order valence-corrected chi connectivity index (χ2v) is 8.22. The van der Waals surface area contributed by atoms with E-state index in [1.807, 2.05) is 42.2 Å². The van der Waals surface area contributed by atoms with Crippen LogP contribution in [0.4, 0.5) is 0 Å². The van der Waals surface area contributed by atoms with E-state index in [1.54, 1.807) is 18.7 Å². The summed E-state index contributed by atoms with van der Waals surface area (Å²) in [6.45, 7) is 11.2. The molecule has 0 saturated carbocycles. The number of thioether (sulfide) groups is 1. The number of hydrogen-bond acceptors (Lipinski definition) is 3. The highest BCUT2D eigenvalue weighted by molar-refractivity contribution is 8.00. The predicted molar refractivity (Wildman–Crippen MR) is 112 cm³/mol. The van der Waals surface area contributed by atoms with Crippen molar-refractivity contribution in [2.75, 3.05) is 18.8 Å². The number of carbonyl (C=O) groups excluding carboxylic acids is 2. The fourth-order valence-electron chi connectivity index (χ4n) is 3.22. The van der Waals surface area contributed by atoms with E-state index < -0.39 is 0 Å². The van der Waals surface area contributed by atoms with Crippen LogP contribution in [0.5, 0.6) is 0 Å². The van der Waals surface area contributed by atoms with Crippen molar-refractivity contribution in [3.63, 3.8) is 0 Å². The van der Waals surface area contributed by atoms with E-state index in [4.69, 9.17) is 0 Å². The molecule has 0 aliphatic carbocycles. The lowest BCUT2D eigenvalue weighted by molar-refractivity contribution is -0.128. The highest BCUT2D eigenvalue weighted by Crippen LogP contribution is 2.29. The van der Waals surface area contributed by atoms with Gasteiger partial charge in [0, 0.05) is 31.3 Å². The van der Waals surface area contributed by atoms with E-state index in [0.29, 0.717) is 13.1 Å². The zero-order valence-electron chi connectivity index (χ0n) is 16.4. The van der Waals surface area contributed by atoms with Crippen molar-refractivity contribution in [1.82, 2.24) is 4.90 Å². The van der Waals surface area contributed by atoms with Crippen molar-refractivity contribution < 1.29 is 9.59 Å². The molecular formula is C22H29NO2S. The standard InChI is InChI=1S/C22H29NO2S/c1-6-23(17(5)24)13-14-26-22(15(2)3)21(25)20-12-11-16(4)18-9-7-8-10-19(18)20/h7-12,15,22H,6,13-14H2,1-5H3. The Morgan fingerprint density at radius 2 is 1.73 bits per heavy atom. The molecule has 0 radical (unpaired) electrons. The van der Waals surface area contributed by atoms with Crippen molar-refractivity contribution in [1.29, 1.82) is 0 Å². The molecule has 0 N–H and O–H groups in total. The van der Waals surface area contributed by atoms with Crippen LogP contribution in [0, 0.1) is 12.8 Å². The molecule has 0 fully saturated rings. The topological polar surface area (TPSA) is 37.4 Å². The first-order valence-electron chi connectivity index (χ1n) is 9.26. The van der Waals surface area contributed by atoms with Crippen LogP contribution in [0.1, 0.15) is 43.6 Å². The van der Waals surface area contributed by atoms with Crippen LogP contribution >= 0.6 is 11.8 Å². The third-order valence-corrected chi connectivity index (χ3v) is 6.29. The zero-order chi connectivity index (χ0) is 19.3. The van der Waals surface area contributed by atoms with Gasteiger partial charge in [-0.2, -0.15) is 0 Å². The molecule has 3 nitrogen and oxygen atoms in total. The van der Waals surface area contributed by atoms with E-state index >= 15 is 0 Å². The van der Waals surface area contributed by atoms with E-state index in [1.165, 1.54) is 5.56 Å². The van der Waals surface area contributed by atoms with Crippen molar-refractivity contribution in [3.8, 4) is 0 Å². The highest BCUT2D eigenvalue weighted by Gasteiger charge is 2.25. The molecule has 2 rings (SSSR count). The number of hydrogen-bond donors (Lipinski definition) is 0. The highest BCUT2D eigenvalue weighted by atomic mass is 32.2. The van der Waals surface area contributed by atoms with Crippen LogP contribution < -0.4 is 0 Å². The van der Waals surface area contributed by atoms with Gasteiger partial charge < -0.3 is 4.90 Å². The minimum Gasteiger partial charge on any atom is -0.342 e. The summed E-state index contributed by atoms with van der Waals surface area (Å²) in [6.07, 6.45) is 0. The molecule has 0 heterocycles. The normalized spacial score (nSPS) is 12.4. The van der Waals surface area contributed by atoms with E-state index in [2.05, 4.69) is 26.8 Å². The first-order valence-corrected chi connectivity index (χ1v) is 10.3. The fourth-order valence-corrected chi connectivity index (χ4v) is 4.46. The predicted octanol–water partition coefficient (Wildman–Crippen LogP) is 4.96. The Morgan fingerprint density at radius 1 is 1.08 bits per heavy atom. The van der Waals surface area contributed by atoms with Gasteiger partial charge in [0.15, 0.2) is 5.78 Å². The minimum absolute atomic E-state index is 0.0880. The van der Waals surface area contributed by atoms with Gasteiger partial charge in [0.25, 0.3) is 0 Å². The number of Topliss-reactive ketones (excluding diaryl/α,β-unsaturated/α-hetero) is 1. The van der Waals surface area contributed by atoms with E-state index in [0.717, 1.165) is 22.1 Å². The third kappa shape index (κ3) is 4.67. The molecule has 0 aliphatic heterocycles. The second kappa shape index (κ2) is 9.22. The van der Waals surface area contributed by atoms with E-state index in [-0.39, 0.29) is 22.9 Å². The van der Waals surface area contributed by atoms with Crippen LogP contribution in [0.25, 0.3) is 10.8 Å². The summed E-state index contributed by atoms with van der Waals surface area (Å²) in [6, 6.07) is 12.1. The van der Waals surface area contributed by atoms with Crippen molar-refractivity contribution >= 4 is 34.2 Å². The molecule has 0 saturated heterocycles. The number of amides is 1. The SMILES string of the molecule is CCN(CCSC(C(=O)c1ccc(C)c2ccccc12)C(C)C)C(C)=O. The van der Waals surface area contributed by atoms with Gasteiger partial charge in [0.2, 0.25) is 5.91 Å². The average molecular weight is 372 g/mol. The molecular weight excluding hydrogens is 342 g/mol. The van der Waals surface area contributed by atoms with Crippen LogP contribution in [0.2, 0.25) is 0 Å². The zero-order valence-corrected chi connectivity index (χ0v) is 17.2. The largest absolute Gasteiger partial charge is 0.342 e. The Labute approximate surface area is 161 Å². The number of aryl methyl sites for hydroxylation is 1. The van der Waals surface area contributed by atoms with Gasteiger partial charge in [-0.3, -0.25) is 9.59 Å². The maximum atomic E-state index is 13.3. The molecule has 4 heteroatoms. The Kier molecular flexibility index (Phi) is 7.27. The van der Waals surface area contributed by atoms with Crippen molar-refractivity contribution in [2.45, 2.75) is 39.9 Å². The number of rotatable bonds is 8. The Balaban J connectivity index is 2.22. The van der Waals surface area contributed by atoms with E-state index in [9.17, 15) is 9.59 Å². The fraction of sp³-hybridized carbons (Fsp3) is 0.455. The van der Waals surface area contributed by atoms with Crippen LogP contribution in [0.15, 0.2) is 36.4 Å². The molecule has 2 aromatic carbocycles. The smallest absolute Gasteiger partial charge is 0.219 e. The van der Waals surface area contributed by atoms with Gasteiger partial charge in [-0.1, -0.05) is 50.2 Å². The van der Waals surface area contributed by atoms with Crippen molar-refractivity contribution in [2.24, 2.45) is 5.92 Å². The van der Waals surface area contributed by atoms with Crippen LogP contribution in [-0.4, -0.2) is 40.7 Å². The Morgan fingerprint density at radius 3 is 2.31 bits per heavy atom. The second-order valence-electron chi connectivity index (χ2n) is 6.97. The molecule has 0 aliphatic rings. The Hall–Kier alpha value is -1.81. The van der Waals surface area contributed by atoms with Gasteiger partial charge >= 0.3 is 0 Å². The molecule has 0 spiro atoms. The molecule has 0 bridgehead atoms. The average Bonchev–Trinajstić information content (AvgIpc) is 2.61. The molecule has 0 aromatic heterocycles. The van der Waals surface area contributed by atoms with Crippen LogP contribution in [-0.2, 0) is 4.79 Å². The number of fused-ring (bicyclic) bond motifs is 1. The lowest BCUT2D eigenvalue weighted by Crippen LogP contribution is -2.32. The quantitative estimate of drug-likeness (QED) is 0.616. The van der Waals surface area contributed by atoms with Gasteiger partial charge in [-0.15, -0.1) is 11.8 Å². The van der Waals surface area contributed by atoms with Crippen LogP contribution in [0.3, 0.4) is 0 Å². The van der Waals surface area contributed by atoms with Crippen molar-refractivity contribution in [3.05, 3.63) is 47.5 Å². The van der Waals surface area contributed by atoms with Gasteiger partial charge in [-0.25, -0.2) is 0 Å². The molecule has 1 atom stereocenters. The monoisotopic (exact) mass is 371 g/mol. The summed E-state index contributed by atoms with van der Waals surface area (Å²) in [7, 11) is 0. The first-order chi connectivity index (χ1) is 12.4. The maximum absolute atomic E-state index is 13.3. The summed E-state index contributed by atoms with van der Waals surface area (Å²) in [5.41, 5.74) is 1.99. The third-order valence-electron chi connectivity index (χ3n) is 4.76. The Bertz CT molecular complexity index is 785. The lowest BCUT2D eigenvalue weighted by atomic mass is 9.94. The van der Waals surface area contributed by atoms with Gasteiger partial charge in [-0.05, 0) is 36.1 Å². The first kappa shape index (κ1) is 20.5. The lowest BCUT2D eigenvalue weighted by Gasteiger charge is -2.23.